The van der Waals surface area contributed by atoms with Crippen LogP contribution >= 0.6 is 34.5 Å². The van der Waals surface area contributed by atoms with Crippen LogP contribution in [0.1, 0.15) is 37.4 Å². The van der Waals surface area contributed by atoms with Crippen LogP contribution in [0.4, 0.5) is 0 Å². The Morgan fingerprint density at radius 3 is 2.46 bits per heavy atom. The van der Waals surface area contributed by atoms with Crippen LogP contribution in [0.25, 0.3) is 0 Å². The van der Waals surface area contributed by atoms with Crippen LogP contribution in [0, 0.1) is 5.41 Å². The standard InChI is InChI=1S/C10H14Cl2S/c1-4-10(2,3)9(12)7-5-6-8(11)13-7/h5-6,9H,4H2,1-3H3. The molecule has 0 aromatic carbocycles. The molecule has 0 aliphatic carbocycles. The molecule has 1 aromatic rings. The molecule has 1 rings (SSSR count). The van der Waals surface area contributed by atoms with E-state index in [-0.39, 0.29) is 10.8 Å². The van der Waals surface area contributed by atoms with Crippen LogP contribution < -0.4 is 0 Å². The summed E-state index contributed by atoms with van der Waals surface area (Å²) in [5.41, 5.74) is 0.135. The Hall–Kier alpha value is 0.280. The van der Waals surface area contributed by atoms with Gasteiger partial charge in [-0.1, -0.05) is 32.4 Å². The van der Waals surface area contributed by atoms with E-state index in [1.165, 1.54) is 4.88 Å². The second-order valence-electron chi connectivity index (χ2n) is 3.85. The lowest BCUT2D eigenvalue weighted by Gasteiger charge is -2.27. The van der Waals surface area contributed by atoms with Crippen molar-refractivity contribution in [2.24, 2.45) is 5.41 Å². The van der Waals surface area contributed by atoms with E-state index in [1.54, 1.807) is 11.3 Å². The fraction of sp³-hybridized carbons (Fsp3) is 0.600. The third-order valence-electron chi connectivity index (χ3n) is 2.44. The Labute approximate surface area is 93.9 Å². The van der Waals surface area contributed by atoms with Crippen molar-refractivity contribution in [3.63, 3.8) is 0 Å². The van der Waals surface area contributed by atoms with Crippen molar-refractivity contribution in [1.29, 1.82) is 0 Å². The van der Waals surface area contributed by atoms with Crippen molar-refractivity contribution in [1.82, 2.24) is 0 Å². The van der Waals surface area contributed by atoms with Gasteiger partial charge in [0.05, 0.1) is 9.71 Å². The molecule has 13 heavy (non-hydrogen) atoms. The van der Waals surface area contributed by atoms with Crippen LogP contribution in [0.15, 0.2) is 12.1 Å². The molecule has 0 aliphatic rings. The third kappa shape index (κ3) is 2.61. The first-order valence-electron chi connectivity index (χ1n) is 4.36. The van der Waals surface area contributed by atoms with Gasteiger partial charge in [0.1, 0.15) is 0 Å². The van der Waals surface area contributed by atoms with E-state index in [1.807, 2.05) is 12.1 Å². The minimum absolute atomic E-state index is 0.0648. The molecule has 1 unspecified atom stereocenters. The van der Waals surface area contributed by atoms with Crippen LogP contribution in [0.3, 0.4) is 0 Å². The van der Waals surface area contributed by atoms with E-state index in [4.69, 9.17) is 23.2 Å². The number of rotatable bonds is 3. The van der Waals surface area contributed by atoms with Crippen LogP contribution in [0.2, 0.25) is 4.34 Å². The summed E-state index contributed by atoms with van der Waals surface area (Å²) in [6.07, 6.45) is 1.07. The smallest absolute Gasteiger partial charge is 0.0931 e. The molecular weight excluding hydrogens is 223 g/mol. The normalized spacial score (nSPS) is 14.5. The van der Waals surface area contributed by atoms with Crippen molar-refractivity contribution in [2.75, 3.05) is 0 Å². The first kappa shape index (κ1) is 11.4. The number of hydrogen-bond acceptors (Lipinski definition) is 1. The molecule has 3 heteroatoms. The molecule has 0 amide bonds. The van der Waals surface area contributed by atoms with Gasteiger partial charge in [-0.2, -0.15) is 0 Å². The van der Waals surface area contributed by atoms with Gasteiger partial charge in [-0.15, -0.1) is 22.9 Å². The fourth-order valence-corrected chi connectivity index (χ4v) is 2.64. The lowest BCUT2D eigenvalue weighted by Crippen LogP contribution is -2.15. The zero-order valence-electron chi connectivity index (χ0n) is 8.10. The highest BCUT2D eigenvalue weighted by Gasteiger charge is 2.28. The van der Waals surface area contributed by atoms with E-state index < -0.39 is 0 Å². The first-order valence-corrected chi connectivity index (χ1v) is 6.00. The molecule has 0 bridgehead atoms. The zero-order valence-corrected chi connectivity index (χ0v) is 10.4. The molecule has 1 heterocycles. The van der Waals surface area contributed by atoms with Crippen molar-refractivity contribution in [2.45, 2.75) is 32.6 Å². The maximum Gasteiger partial charge on any atom is 0.0931 e. The second-order valence-corrected chi connectivity index (χ2v) is 6.03. The van der Waals surface area contributed by atoms with E-state index in [2.05, 4.69) is 20.8 Å². The number of alkyl halides is 1. The molecule has 0 fully saturated rings. The van der Waals surface area contributed by atoms with Gasteiger partial charge in [-0.25, -0.2) is 0 Å². The summed E-state index contributed by atoms with van der Waals surface area (Å²) in [6, 6.07) is 3.92. The summed E-state index contributed by atoms with van der Waals surface area (Å²) in [5, 5.41) is 0.0648. The van der Waals surface area contributed by atoms with Crippen molar-refractivity contribution in [3.8, 4) is 0 Å². The van der Waals surface area contributed by atoms with Gasteiger partial charge in [0.15, 0.2) is 0 Å². The summed E-state index contributed by atoms with van der Waals surface area (Å²) in [7, 11) is 0. The molecule has 74 valence electrons. The van der Waals surface area contributed by atoms with Gasteiger partial charge in [-0.05, 0) is 24.0 Å². The highest BCUT2D eigenvalue weighted by atomic mass is 35.5. The summed E-state index contributed by atoms with van der Waals surface area (Å²) in [4.78, 5) is 1.17. The SMILES string of the molecule is CCC(C)(C)C(Cl)c1ccc(Cl)s1. The summed E-state index contributed by atoms with van der Waals surface area (Å²) in [6.45, 7) is 6.52. The Morgan fingerprint density at radius 1 is 1.46 bits per heavy atom. The van der Waals surface area contributed by atoms with E-state index >= 15 is 0 Å². The second kappa shape index (κ2) is 4.20. The van der Waals surface area contributed by atoms with Crippen LogP contribution in [-0.2, 0) is 0 Å². The molecule has 0 nitrogen and oxygen atoms in total. The van der Waals surface area contributed by atoms with Gasteiger partial charge in [-0.3, -0.25) is 0 Å². The highest BCUT2D eigenvalue weighted by molar-refractivity contribution is 7.16. The molecule has 0 saturated heterocycles. The highest BCUT2D eigenvalue weighted by Crippen LogP contribution is 2.44. The van der Waals surface area contributed by atoms with Gasteiger partial charge in [0, 0.05) is 4.88 Å². The molecule has 1 aromatic heterocycles. The Bertz CT molecular complexity index is 278. The van der Waals surface area contributed by atoms with Gasteiger partial charge < -0.3 is 0 Å². The van der Waals surface area contributed by atoms with Crippen molar-refractivity contribution in [3.05, 3.63) is 21.3 Å². The van der Waals surface area contributed by atoms with Crippen LogP contribution in [-0.4, -0.2) is 0 Å². The monoisotopic (exact) mass is 236 g/mol. The lowest BCUT2D eigenvalue weighted by atomic mass is 9.85. The lowest BCUT2D eigenvalue weighted by molar-refractivity contribution is 0.339. The molecule has 0 spiro atoms. The Kier molecular flexibility index (Phi) is 3.67. The molecular formula is C10H14Cl2S. The van der Waals surface area contributed by atoms with Gasteiger partial charge >= 0.3 is 0 Å². The maximum absolute atomic E-state index is 6.36. The average Bonchev–Trinajstić information content (AvgIpc) is 2.50. The molecule has 1 atom stereocenters. The van der Waals surface area contributed by atoms with Gasteiger partial charge in [0.2, 0.25) is 0 Å². The predicted octanol–water partition coefficient (Wildman–Crippen LogP) is 5.12. The topological polar surface area (TPSA) is 0 Å². The maximum atomic E-state index is 6.36. The van der Waals surface area contributed by atoms with E-state index in [0.717, 1.165) is 10.8 Å². The number of halogens is 2. The summed E-state index contributed by atoms with van der Waals surface area (Å²) in [5.74, 6) is 0. The quantitative estimate of drug-likeness (QED) is 0.640. The predicted molar refractivity (Wildman–Crippen MR) is 62.0 cm³/mol. The molecule has 0 aliphatic heterocycles. The average molecular weight is 237 g/mol. The number of hydrogen-bond donors (Lipinski definition) is 0. The minimum atomic E-state index is 0.0648. The van der Waals surface area contributed by atoms with Gasteiger partial charge in [0.25, 0.3) is 0 Å². The minimum Gasteiger partial charge on any atom is -0.127 e. The summed E-state index contributed by atoms with van der Waals surface area (Å²) < 4.78 is 0.813. The Balaban J connectivity index is 2.84. The molecule has 0 N–H and O–H groups in total. The van der Waals surface area contributed by atoms with Crippen molar-refractivity contribution < 1.29 is 0 Å². The van der Waals surface area contributed by atoms with E-state index in [9.17, 15) is 0 Å². The summed E-state index contributed by atoms with van der Waals surface area (Å²) >= 11 is 13.8. The third-order valence-corrected chi connectivity index (χ3v) is 4.69. The zero-order chi connectivity index (χ0) is 10.1. The fourth-order valence-electron chi connectivity index (χ4n) is 1.03. The van der Waals surface area contributed by atoms with Crippen LogP contribution in [0.5, 0.6) is 0 Å². The van der Waals surface area contributed by atoms with E-state index in [0.29, 0.717) is 0 Å². The molecule has 0 radical (unpaired) electrons. The van der Waals surface area contributed by atoms with Crippen molar-refractivity contribution >= 4 is 34.5 Å². The number of thiophene rings is 1. The first-order chi connectivity index (χ1) is 5.97. The molecule has 0 saturated carbocycles. The largest absolute Gasteiger partial charge is 0.127 e. The Morgan fingerprint density at radius 2 is 2.08 bits per heavy atom.